The maximum atomic E-state index is 12.8. The molecule has 1 aromatic heterocycles. The highest BCUT2D eigenvalue weighted by Gasteiger charge is 2.24. The molecular weight excluding hydrogens is 438 g/mol. The lowest BCUT2D eigenvalue weighted by Crippen LogP contribution is -2.25. The Kier molecular flexibility index (Phi) is 5.76. The van der Waals surface area contributed by atoms with Crippen molar-refractivity contribution in [1.82, 2.24) is 10.3 Å². The van der Waals surface area contributed by atoms with Gasteiger partial charge >= 0.3 is 0 Å². The standard InChI is InChI=1S/C25H25N3O4S/c29-25(27-20-7-8-20)19-6-14-24(26-16-19)32-22-11-9-21(10-12-22)28-33(30,31)23-13-5-17-3-1-2-4-18(17)15-23/h5-6,9-16,20,28H,1-4,7-8H2,(H,27,29). The predicted molar refractivity (Wildman–Crippen MR) is 125 cm³/mol. The third-order valence-electron chi connectivity index (χ3n) is 5.87. The molecule has 0 bridgehead atoms. The molecule has 1 amide bonds. The predicted octanol–water partition coefficient (Wildman–Crippen LogP) is 4.45. The number of nitrogens with one attached hydrogen (secondary N) is 2. The number of sulfonamides is 1. The Morgan fingerprint density at radius 1 is 0.939 bits per heavy atom. The smallest absolute Gasteiger partial charge is 0.261 e. The molecule has 0 spiro atoms. The third-order valence-corrected chi connectivity index (χ3v) is 7.25. The molecule has 0 unspecified atom stereocenters. The van der Waals surface area contributed by atoms with E-state index in [1.165, 1.54) is 11.8 Å². The van der Waals surface area contributed by atoms with Crippen molar-refractivity contribution in [2.75, 3.05) is 4.72 Å². The number of rotatable bonds is 7. The molecule has 2 aromatic carbocycles. The largest absolute Gasteiger partial charge is 0.439 e. The van der Waals surface area contributed by atoms with Crippen LogP contribution in [0.4, 0.5) is 5.69 Å². The number of nitrogens with zero attached hydrogens (tertiary/aromatic N) is 1. The van der Waals surface area contributed by atoms with Crippen LogP contribution < -0.4 is 14.8 Å². The van der Waals surface area contributed by atoms with Gasteiger partial charge in [0.2, 0.25) is 5.88 Å². The van der Waals surface area contributed by atoms with Gasteiger partial charge in [-0.15, -0.1) is 0 Å². The van der Waals surface area contributed by atoms with Crippen molar-refractivity contribution in [3.05, 3.63) is 77.5 Å². The van der Waals surface area contributed by atoms with Gasteiger partial charge in [-0.05, 0) is 92.1 Å². The van der Waals surface area contributed by atoms with Crippen LogP contribution in [0.15, 0.2) is 65.7 Å². The van der Waals surface area contributed by atoms with Gasteiger partial charge in [-0.2, -0.15) is 0 Å². The van der Waals surface area contributed by atoms with Crippen LogP contribution in [-0.2, 0) is 22.9 Å². The van der Waals surface area contributed by atoms with E-state index >= 15 is 0 Å². The molecule has 0 atom stereocenters. The van der Waals surface area contributed by atoms with E-state index in [4.69, 9.17) is 4.74 Å². The molecule has 33 heavy (non-hydrogen) atoms. The van der Waals surface area contributed by atoms with Gasteiger partial charge in [-0.25, -0.2) is 13.4 Å². The van der Waals surface area contributed by atoms with Gasteiger partial charge in [-0.3, -0.25) is 9.52 Å². The lowest BCUT2D eigenvalue weighted by atomic mass is 9.92. The first-order valence-corrected chi connectivity index (χ1v) is 12.6. The van der Waals surface area contributed by atoms with Crippen LogP contribution in [0, 0.1) is 0 Å². The van der Waals surface area contributed by atoms with Gasteiger partial charge in [0.25, 0.3) is 15.9 Å². The summed E-state index contributed by atoms with van der Waals surface area (Å²) in [4.78, 5) is 16.5. The van der Waals surface area contributed by atoms with Crippen LogP contribution in [0.25, 0.3) is 0 Å². The van der Waals surface area contributed by atoms with E-state index in [2.05, 4.69) is 15.0 Å². The van der Waals surface area contributed by atoms with Crippen molar-refractivity contribution < 1.29 is 17.9 Å². The minimum Gasteiger partial charge on any atom is -0.439 e. The van der Waals surface area contributed by atoms with Crippen molar-refractivity contribution >= 4 is 21.6 Å². The second-order valence-electron chi connectivity index (χ2n) is 8.50. The van der Waals surface area contributed by atoms with Crippen molar-refractivity contribution in [2.24, 2.45) is 0 Å². The molecular formula is C25H25N3O4S. The summed E-state index contributed by atoms with van der Waals surface area (Å²) in [5.41, 5.74) is 3.30. The van der Waals surface area contributed by atoms with E-state index in [0.29, 0.717) is 22.9 Å². The van der Waals surface area contributed by atoms with Gasteiger partial charge < -0.3 is 10.1 Å². The first-order chi connectivity index (χ1) is 16.0. The first-order valence-electron chi connectivity index (χ1n) is 11.2. The van der Waals surface area contributed by atoms with E-state index in [1.807, 2.05) is 6.07 Å². The minimum atomic E-state index is -3.68. The highest BCUT2D eigenvalue weighted by Crippen LogP contribution is 2.27. The SMILES string of the molecule is O=C(NC1CC1)c1ccc(Oc2ccc(NS(=O)(=O)c3ccc4c(c3)CCCC4)cc2)nc1. The van der Waals surface area contributed by atoms with Crippen LogP contribution in [0.2, 0.25) is 0 Å². The number of hydrogen-bond donors (Lipinski definition) is 2. The summed E-state index contributed by atoms with van der Waals surface area (Å²) in [5, 5.41) is 2.91. The summed E-state index contributed by atoms with van der Waals surface area (Å²) < 4.78 is 34.0. The molecule has 1 heterocycles. The fourth-order valence-electron chi connectivity index (χ4n) is 3.87. The molecule has 0 radical (unpaired) electrons. The van der Waals surface area contributed by atoms with Crippen molar-refractivity contribution in [2.45, 2.75) is 49.5 Å². The first kappa shape index (κ1) is 21.5. The van der Waals surface area contributed by atoms with Crippen LogP contribution in [-0.4, -0.2) is 25.4 Å². The Balaban J connectivity index is 1.22. The number of pyridine rings is 1. The maximum absolute atomic E-state index is 12.8. The lowest BCUT2D eigenvalue weighted by Gasteiger charge is -2.17. The summed E-state index contributed by atoms with van der Waals surface area (Å²) in [5.74, 6) is 0.724. The second-order valence-corrected chi connectivity index (χ2v) is 10.2. The number of fused-ring (bicyclic) bond motifs is 1. The van der Waals surface area contributed by atoms with Crippen molar-refractivity contribution in [3.8, 4) is 11.6 Å². The summed E-state index contributed by atoms with van der Waals surface area (Å²) in [6.45, 7) is 0. The molecule has 2 N–H and O–H groups in total. The van der Waals surface area contributed by atoms with E-state index in [1.54, 1.807) is 48.5 Å². The van der Waals surface area contributed by atoms with E-state index in [9.17, 15) is 13.2 Å². The zero-order chi connectivity index (χ0) is 22.8. The zero-order valence-electron chi connectivity index (χ0n) is 18.1. The van der Waals surface area contributed by atoms with Gasteiger partial charge in [0.05, 0.1) is 10.5 Å². The number of anilines is 1. The zero-order valence-corrected chi connectivity index (χ0v) is 18.9. The number of aryl methyl sites for hydroxylation is 2. The summed E-state index contributed by atoms with van der Waals surface area (Å²) in [6.07, 6.45) is 7.71. The molecule has 1 fully saturated rings. The quantitative estimate of drug-likeness (QED) is 0.540. The fourth-order valence-corrected chi connectivity index (χ4v) is 4.98. The van der Waals surface area contributed by atoms with E-state index in [0.717, 1.165) is 44.1 Å². The topological polar surface area (TPSA) is 97.4 Å². The van der Waals surface area contributed by atoms with Crippen LogP contribution in [0.5, 0.6) is 11.6 Å². The van der Waals surface area contributed by atoms with Gasteiger partial charge in [-0.1, -0.05) is 6.07 Å². The molecule has 0 aliphatic heterocycles. The normalized spacial score (nSPS) is 15.4. The fraction of sp³-hybridized carbons (Fsp3) is 0.280. The Morgan fingerprint density at radius 2 is 1.70 bits per heavy atom. The van der Waals surface area contributed by atoms with Crippen molar-refractivity contribution in [1.29, 1.82) is 0 Å². The highest BCUT2D eigenvalue weighted by molar-refractivity contribution is 7.92. The van der Waals surface area contributed by atoms with Gasteiger partial charge in [0, 0.05) is 24.0 Å². The van der Waals surface area contributed by atoms with E-state index in [-0.39, 0.29) is 16.8 Å². The van der Waals surface area contributed by atoms with Gasteiger partial charge in [0.15, 0.2) is 0 Å². The van der Waals surface area contributed by atoms with Crippen LogP contribution >= 0.6 is 0 Å². The summed E-state index contributed by atoms with van der Waals surface area (Å²) >= 11 is 0. The molecule has 2 aliphatic rings. The molecule has 2 aliphatic carbocycles. The molecule has 170 valence electrons. The Hall–Kier alpha value is -3.39. The lowest BCUT2D eigenvalue weighted by molar-refractivity contribution is 0.0950. The number of benzene rings is 2. The molecule has 1 saturated carbocycles. The van der Waals surface area contributed by atoms with E-state index < -0.39 is 10.0 Å². The Labute approximate surface area is 193 Å². The summed E-state index contributed by atoms with van der Waals surface area (Å²) in [6, 6.07) is 15.6. The number of aromatic nitrogens is 1. The number of ether oxygens (including phenoxy) is 1. The summed E-state index contributed by atoms with van der Waals surface area (Å²) in [7, 11) is -3.68. The second kappa shape index (κ2) is 8.86. The Bertz CT molecular complexity index is 1270. The molecule has 3 aromatic rings. The monoisotopic (exact) mass is 463 g/mol. The van der Waals surface area contributed by atoms with Crippen molar-refractivity contribution in [3.63, 3.8) is 0 Å². The number of carbonyl (C=O) groups excluding carboxylic acids is 1. The molecule has 0 saturated heterocycles. The average molecular weight is 464 g/mol. The number of carbonyl (C=O) groups is 1. The van der Waals surface area contributed by atoms with Crippen LogP contribution in [0.1, 0.15) is 47.2 Å². The highest BCUT2D eigenvalue weighted by atomic mass is 32.2. The van der Waals surface area contributed by atoms with Crippen LogP contribution in [0.3, 0.4) is 0 Å². The molecule has 7 nitrogen and oxygen atoms in total. The Morgan fingerprint density at radius 3 is 2.39 bits per heavy atom. The minimum absolute atomic E-state index is 0.132. The number of amides is 1. The number of hydrogen-bond acceptors (Lipinski definition) is 5. The van der Waals surface area contributed by atoms with Gasteiger partial charge in [0.1, 0.15) is 5.75 Å². The molecule has 8 heteroatoms. The molecule has 5 rings (SSSR count). The third kappa shape index (κ3) is 5.17. The average Bonchev–Trinajstić information content (AvgIpc) is 3.64. The maximum Gasteiger partial charge on any atom is 0.261 e.